The van der Waals surface area contributed by atoms with Crippen LogP contribution in [-0.4, -0.2) is 11.2 Å². The molecule has 2 nitrogen and oxygen atoms in total. The molecular weight excluding hydrogens is 224 g/mol. The van der Waals surface area contributed by atoms with Crippen molar-refractivity contribution >= 4 is 0 Å². The summed E-state index contributed by atoms with van der Waals surface area (Å²) in [6.07, 6.45) is 9.23. The summed E-state index contributed by atoms with van der Waals surface area (Å²) in [5.74, 6) is 5.05. The molecule has 4 aliphatic rings. The van der Waals surface area contributed by atoms with E-state index >= 15 is 0 Å². The minimum Gasteiger partial charge on any atom is -0.469 e. The van der Waals surface area contributed by atoms with Crippen LogP contribution in [0.3, 0.4) is 0 Å². The molecule has 2 heteroatoms. The molecule has 5 rings (SSSR count). The summed E-state index contributed by atoms with van der Waals surface area (Å²) in [5, 5.41) is 10.6. The molecule has 4 saturated carbocycles. The lowest BCUT2D eigenvalue weighted by Crippen LogP contribution is -2.49. The Kier molecular flexibility index (Phi) is 2.54. The Morgan fingerprint density at radius 2 is 1.78 bits per heavy atom. The molecule has 1 heterocycles. The highest BCUT2D eigenvalue weighted by Gasteiger charge is 2.50. The van der Waals surface area contributed by atoms with Crippen LogP contribution in [0, 0.1) is 29.6 Å². The fraction of sp³-hybridized carbons (Fsp3) is 0.750. The topological polar surface area (TPSA) is 33.4 Å². The standard InChI is InChI=1S/C16H22O2/c17-15(9-14-2-1-3-18-14)16-12-5-10-4-11(7-12)8-13(16)6-10/h1-3,10-13,15-17H,4-9H2. The number of hydrogen-bond acceptors (Lipinski definition) is 2. The van der Waals surface area contributed by atoms with E-state index < -0.39 is 0 Å². The van der Waals surface area contributed by atoms with Crippen LogP contribution in [0.2, 0.25) is 0 Å². The molecule has 0 aromatic carbocycles. The number of furan rings is 1. The summed E-state index contributed by atoms with van der Waals surface area (Å²) in [5.41, 5.74) is 0. The maximum absolute atomic E-state index is 10.6. The van der Waals surface area contributed by atoms with Gasteiger partial charge in [-0.15, -0.1) is 0 Å². The van der Waals surface area contributed by atoms with E-state index in [9.17, 15) is 5.11 Å². The molecule has 1 aromatic heterocycles. The number of rotatable bonds is 3. The van der Waals surface area contributed by atoms with Gasteiger partial charge in [0.15, 0.2) is 0 Å². The Labute approximate surface area is 108 Å². The van der Waals surface area contributed by atoms with Gasteiger partial charge in [0, 0.05) is 6.42 Å². The van der Waals surface area contributed by atoms with Crippen molar-refractivity contribution in [1.82, 2.24) is 0 Å². The van der Waals surface area contributed by atoms with E-state index in [2.05, 4.69) is 0 Å². The lowest BCUT2D eigenvalue weighted by Gasteiger charge is -2.55. The first kappa shape index (κ1) is 11.1. The third-order valence-corrected chi connectivity index (χ3v) is 5.73. The molecule has 4 aliphatic carbocycles. The summed E-state index contributed by atoms with van der Waals surface area (Å²) in [4.78, 5) is 0. The first-order valence-electron chi connectivity index (χ1n) is 7.50. The Morgan fingerprint density at radius 3 is 2.33 bits per heavy atom. The van der Waals surface area contributed by atoms with Crippen molar-refractivity contribution in [3.05, 3.63) is 24.2 Å². The lowest BCUT2D eigenvalue weighted by molar-refractivity contribution is -0.0897. The summed E-state index contributed by atoms with van der Waals surface area (Å²) >= 11 is 0. The van der Waals surface area contributed by atoms with Gasteiger partial charge in [-0.25, -0.2) is 0 Å². The van der Waals surface area contributed by atoms with Gasteiger partial charge in [0.25, 0.3) is 0 Å². The molecule has 4 fully saturated rings. The SMILES string of the molecule is OC(Cc1ccco1)C1C2CC3CC(C2)CC1C3. The van der Waals surface area contributed by atoms with Crippen LogP contribution < -0.4 is 0 Å². The highest BCUT2D eigenvalue weighted by atomic mass is 16.3. The molecule has 0 spiro atoms. The Morgan fingerprint density at radius 1 is 1.11 bits per heavy atom. The average molecular weight is 246 g/mol. The molecule has 1 unspecified atom stereocenters. The number of aliphatic hydroxyl groups is 1. The largest absolute Gasteiger partial charge is 0.469 e. The van der Waals surface area contributed by atoms with E-state index in [1.807, 2.05) is 12.1 Å². The lowest BCUT2D eigenvalue weighted by atomic mass is 9.50. The van der Waals surface area contributed by atoms with E-state index in [0.717, 1.165) is 29.4 Å². The highest BCUT2D eigenvalue weighted by Crippen LogP contribution is 2.57. The summed E-state index contributed by atoms with van der Waals surface area (Å²) < 4.78 is 5.39. The van der Waals surface area contributed by atoms with Crippen LogP contribution in [0.25, 0.3) is 0 Å². The van der Waals surface area contributed by atoms with E-state index in [1.54, 1.807) is 6.26 Å². The zero-order valence-electron chi connectivity index (χ0n) is 10.8. The molecule has 0 saturated heterocycles. The van der Waals surface area contributed by atoms with Gasteiger partial charge < -0.3 is 9.52 Å². The molecule has 18 heavy (non-hydrogen) atoms. The van der Waals surface area contributed by atoms with Crippen molar-refractivity contribution in [1.29, 1.82) is 0 Å². The third-order valence-electron chi connectivity index (χ3n) is 5.73. The molecule has 4 bridgehead atoms. The predicted molar refractivity (Wildman–Crippen MR) is 69.0 cm³/mol. The van der Waals surface area contributed by atoms with Crippen LogP contribution >= 0.6 is 0 Å². The molecular formula is C16H22O2. The second kappa shape index (κ2) is 4.12. The fourth-order valence-corrected chi connectivity index (χ4v) is 5.37. The zero-order valence-corrected chi connectivity index (χ0v) is 10.8. The van der Waals surface area contributed by atoms with Crippen LogP contribution in [0.5, 0.6) is 0 Å². The minimum absolute atomic E-state index is 0.189. The average Bonchev–Trinajstić information content (AvgIpc) is 2.80. The molecule has 1 atom stereocenters. The Balaban J connectivity index is 1.50. The second-order valence-electron chi connectivity index (χ2n) is 6.86. The van der Waals surface area contributed by atoms with Crippen LogP contribution in [0.15, 0.2) is 22.8 Å². The number of aliphatic hydroxyl groups excluding tert-OH is 1. The van der Waals surface area contributed by atoms with Crippen molar-refractivity contribution in [2.24, 2.45) is 29.6 Å². The van der Waals surface area contributed by atoms with Crippen LogP contribution in [-0.2, 0) is 6.42 Å². The van der Waals surface area contributed by atoms with Gasteiger partial charge in [-0.05, 0) is 73.8 Å². The monoisotopic (exact) mass is 246 g/mol. The van der Waals surface area contributed by atoms with E-state index in [0.29, 0.717) is 12.3 Å². The zero-order chi connectivity index (χ0) is 12.1. The smallest absolute Gasteiger partial charge is 0.106 e. The molecule has 0 aliphatic heterocycles. The quantitative estimate of drug-likeness (QED) is 0.888. The van der Waals surface area contributed by atoms with Crippen molar-refractivity contribution in [2.45, 2.75) is 44.6 Å². The molecule has 0 amide bonds. The Hall–Kier alpha value is -0.760. The van der Waals surface area contributed by atoms with Gasteiger partial charge in [-0.3, -0.25) is 0 Å². The van der Waals surface area contributed by atoms with Crippen molar-refractivity contribution in [3.8, 4) is 0 Å². The fourth-order valence-electron chi connectivity index (χ4n) is 5.37. The van der Waals surface area contributed by atoms with Crippen molar-refractivity contribution in [2.75, 3.05) is 0 Å². The van der Waals surface area contributed by atoms with Gasteiger partial charge in [0.05, 0.1) is 12.4 Å². The van der Waals surface area contributed by atoms with Crippen molar-refractivity contribution < 1.29 is 9.52 Å². The van der Waals surface area contributed by atoms with Crippen molar-refractivity contribution in [3.63, 3.8) is 0 Å². The summed E-state index contributed by atoms with van der Waals surface area (Å²) in [7, 11) is 0. The van der Waals surface area contributed by atoms with Gasteiger partial charge in [-0.2, -0.15) is 0 Å². The molecule has 1 N–H and O–H groups in total. The van der Waals surface area contributed by atoms with E-state index in [1.165, 1.54) is 32.1 Å². The van der Waals surface area contributed by atoms with Gasteiger partial charge in [0.1, 0.15) is 5.76 Å². The normalized spacial score (nSPS) is 43.3. The first-order chi connectivity index (χ1) is 8.79. The molecule has 98 valence electrons. The highest BCUT2D eigenvalue weighted by molar-refractivity contribution is 5.04. The predicted octanol–water partition coefficient (Wildman–Crippen LogP) is 3.26. The summed E-state index contributed by atoms with van der Waals surface area (Å²) in [6.45, 7) is 0. The molecule has 1 aromatic rings. The third kappa shape index (κ3) is 1.73. The summed E-state index contributed by atoms with van der Waals surface area (Å²) in [6, 6.07) is 3.90. The van der Waals surface area contributed by atoms with Crippen LogP contribution in [0.4, 0.5) is 0 Å². The maximum Gasteiger partial charge on any atom is 0.106 e. The van der Waals surface area contributed by atoms with Crippen LogP contribution in [0.1, 0.15) is 37.9 Å². The molecule has 0 radical (unpaired) electrons. The minimum atomic E-state index is -0.189. The maximum atomic E-state index is 10.6. The van der Waals surface area contributed by atoms with Gasteiger partial charge in [0.2, 0.25) is 0 Å². The Bertz CT molecular complexity index is 381. The van der Waals surface area contributed by atoms with Gasteiger partial charge in [-0.1, -0.05) is 0 Å². The number of hydrogen-bond donors (Lipinski definition) is 1. The van der Waals surface area contributed by atoms with E-state index in [4.69, 9.17) is 4.42 Å². The van der Waals surface area contributed by atoms with Gasteiger partial charge >= 0.3 is 0 Å². The van der Waals surface area contributed by atoms with E-state index in [-0.39, 0.29) is 6.10 Å². The second-order valence-corrected chi connectivity index (χ2v) is 6.86. The first-order valence-corrected chi connectivity index (χ1v) is 7.50.